The van der Waals surface area contributed by atoms with Crippen LogP contribution in [0.15, 0.2) is 15.4 Å². The summed E-state index contributed by atoms with van der Waals surface area (Å²) in [7, 11) is -3.51. The van der Waals surface area contributed by atoms with Gasteiger partial charge < -0.3 is 10.2 Å². The van der Waals surface area contributed by atoms with Crippen molar-refractivity contribution in [2.75, 3.05) is 0 Å². The first-order chi connectivity index (χ1) is 9.53. The molecular formula is C14H24N2O3S. The lowest BCUT2D eigenvalue weighted by Crippen LogP contribution is -2.35. The first-order valence-electron chi connectivity index (χ1n) is 7.34. The Bertz CT molecular complexity index is 529. The molecule has 1 aliphatic rings. The van der Waals surface area contributed by atoms with Gasteiger partial charge in [0.05, 0.1) is 6.54 Å². The highest BCUT2D eigenvalue weighted by Crippen LogP contribution is 2.23. The molecule has 5 nitrogen and oxygen atoms in total. The molecule has 0 bridgehead atoms. The molecule has 6 heteroatoms. The third-order valence-corrected chi connectivity index (χ3v) is 5.47. The number of aryl methyl sites for hydroxylation is 1. The molecule has 0 aliphatic heterocycles. The standard InChI is InChI=1S/C14H24N2O3S/c1-11-14(9-13(10-15)19-11)20(17,18)16-12-7-5-3-2-4-6-8-12/h9,12,16H,2-8,10,15H2,1H3. The van der Waals surface area contributed by atoms with E-state index in [-0.39, 0.29) is 17.5 Å². The van der Waals surface area contributed by atoms with Gasteiger partial charge in [-0.05, 0) is 19.8 Å². The van der Waals surface area contributed by atoms with Gasteiger partial charge >= 0.3 is 0 Å². The SMILES string of the molecule is Cc1oc(CN)cc1S(=O)(=O)NC1CCCCCCC1. The third kappa shape index (κ3) is 3.84. The van der Waals surface area contributed by atoms with E-state index in [4.69, 9.17) is 10.2 Å². The molecule has 0 radical (unpaired) electrons. The molecule has 1 aliphatic carbocycles. The zero-order valence-electron chi connectivity index (χ0n) is 12.0. The van der Waals surface area contributed by atoms with Crippen molar-refractivity contribution < 1.29 is 12.8 Å². The van der Waals surface area contributed by atoms with Gasteiger partial charge in [0, 0.05) is 12.1 Å². The van der Waals surface area contributed by atoms with Crippen LogP contribution in [0.5, 0.6) is 0 Å². The van der Waals surface area contributed by atoms with Gasteiger partial charge in [0.25, 0.3) is 0 Å². The molecule has 0 unspecified atom stereocenters. The molecule has 20 heavy (non-hydrogen) atoms. The first-order valence-corrected chi connectivity index (χ1v) is 8.83. The first kappa shape index (κ1) is 15.5. The summed E-state index contributed by atoms with van der Waals surface area (Å²) in [5.74, 6) is 0.907. The summed E-state index contributed by atoms with van der Waals surface area (Å²) in [5.41, 5.74) is 5.49. The number of hydrogen-bond acceptors (Lipinski definition) is 4. The number of sulfonamides is 1. The van der Waals surface area contributed by atoms with Crippen LogP contribution in [0.1, 0.15) is 56.5 Å². The fourth-order valence-electron chi connectivity index (χ4n) is 2.75. The fraction of sp³-hybridized carbons (Fsp3) is 0.714. The molecule has 1 aromatic heterocycles. The van der Waals surface area contributed by atoms with E-state index in [1.54, 1.807) is 6.92 Å². The second-order valence-electron chi connectivity index (χ2n) is 5.50. The maximum Gasteiger partial charge on any atom is 0.244 e. The van der Waals surface area contributed by atoms with E-state index >= 15 is 0 Å². The van der Waals surface area contributed by atoms with Gasteiger partial charge in [-0.1, -0.05) is 32.1 Å². The van der Waals surface area contributed by atoms with Gasteiger partial charge in [0.1, 0.15) is 16.4 Å². The predicted octanol–water partition coefficient (Wildman–Crippen LogP) is 2.44. The topological polar surface area (TPSA) is 85.3 Å². The average molecular weight is 300 g/mol. The Morgan fingerprint density at radius 3 is 2.40 bits per heavy atom. The lowest BCUT2D eigenvalue weighted by Gasteiger charge is -2.20. The Morgan fingerprint density at radius 1 is 1.25 bits per heavy atom. The fourth-order valence-corrected chi connectivity index (χ4v) is 4.26. The molecule has 114 valence electrons. The molecule has 0 aromatic carbocycles. The number of rotatable bonds is 4. The van der Waals surface area contributed by atoms with Crippen molar-refractivity contribution in [1.29, 1.82) is 0 Å². The third-order valence-electron chi connectivity index (χ3n) is 3.84. The summed E-state index contributed by atoms with van der Waals surface area (Å²) in [4.78, 5) is 0.222. The Morgan fingerprint density at radius 2 is 1.85 bits per heavy atom. The number of nitrogens with one attached hydrogen (secondary N) is 1. The van der Waals surface area contributed by atoms with E-state index in [0.29, 0.717) is 11.5 Å². The van der Waals surface area contributed by atoms with Crippen molar-refractivity contribution in [3.8, 4) is 0 Å². The minimum absolute atomic E-state index is 0.0379. The quantitative estimate of drug-likeness (QED) is 0.894. The highest BCUT2D eigenvalue weighted by molar-refractivity contribution is 7.89. The molecule has 3 N–H and O–H groups in total. The molecule has 0 spiro atoms. The van der Waals surface area contributed by atoms with E-state index in [9.17, 15) is 8.42 Å². The highest BCUT2D eigenvalue weighted by Gasteiger charge is 2.24. The summed E-state index contributed by atoms with van der Waals surface area (Å²) in [6.07, 6.45) is 7.66. The zero-order valence-corrected chi connectivity index (χ0v) is 12.8. The van der Waals surface area contributed by atoms with E-state index in [1.165, 1.54) is 25.3 Å². The monoisotopic (exact) mass is 300 g/mol. The summed E-state index contributed by atoms with van der Waals surface area (Å²) in [6.45, 7) is 1.87. The van der Waals surface area contributed by atoms with Gasteiger partial charge in [0.15, 0.2) is 0 Å². The maximum atomic E-state index is 12.4. The van der Waals surface area contributed by atoms with Crippen molar-refractivity contribution in [3.63, 3.8) is 0 Å². The highest BCUT2D eigenvalue weighted by atomic mass is 32.2. The van der Waals surface area contributed by atoms with Gasteiger partial charge in [-0.2, -0.15) is 0 Å². The van der Waals surface area contributed by atoms with Crippen LogP contribution in [0.2, 0.25) is 0 Å². The molecule has 0 amide bonds. The van der Waals surface area contributed by atoms with E-state index < -0.39 is 10.0 Å². The Kier molecular flexibility index (Phi) is 5.23. The minimum Gasteiger partial charge on any atom is -0.464 e. The predicted molar refractivity (Wildman–Crippen MR) is 77.8 cm³/mol. The summed E-state index contributed by atoms with van der Waals surface area (Å²) in [6, 6.07) is 1.57. The van der Waals surface area contributed by atoms with Crippen molar-refractivity contribution in [2.45, 2.75) is 69.4 Å². The van der Waals surface area contributed by atoms with Crippen molar-refractivity contribution in [1.82, 2.24) is 4.72 Å². The van der Waals surface area contributed by atoms with Gasteiger partial charge in [-0.3, -0.25) is 0 Å². The number of nitrogens with two attached hydrogens (primary N) is 1. The smallest absolute Gasteiger partial charge is 0.244 e. The molecule has 2 rings (SSSR count). The second-order valence-corrected chi connectivity index (χ2v) is 7.18. The van der Waals surface area contributed by atoms with Gasteiger partial charge in [0.2, 0.25) is 10.0 Å². The largest absolute Gasteiger partial charge is 0.464 e. The zero-order chi connectivity index (χ0) is 14.6. The minimum atomic E-state index is -3.51. The molecule has 1 aromatic rings. The normalized spacial score (nSPS) is 18.7. The lowest BCUT2D eigenvalue weighted by molar-refractivity contribution is 0.425. The molecular weight excluding hydrogens is 276 g/mol. The van der Waals surface area contributed by atoms with Crippen LogP contribution < -0.4 is 10.5 Å². The molecule has 0 atom stereocenters. The van der Waals surface area contributed by atoms with Crippen LogP contribution >= 0.6 is 0 Å². The number of hydrogen-bond donors (Lipinski definition) is 2. The Balaban J connectivity index is 2.10. The average Bonchev–Trinajstić information content (AvgIpc) is 2.75. The van der Waals surface area contributed by atoms with Crippen LogP contribution in [0.25, 0.3) is 0 Å². The second kappa shape index (κ2) is 6.74. The summed E-state index contributed by atoms with van der Waals surface area (Å²) < 4.78 is 33.0. The van der Waals surface area contributed by atoms with E-state index in [0.717, 1.165) is 25.7 Å². The number of furan rings is 1. The van der Waals surface area contributed by atoms with Gasteiger partial charge in [-0.15, -0.1) is 0 Å². The molecule has 1 fully saturated rings. The van der Waals surface area contributed by atoms with Crippen LogP contribution in [-0.4, -0.2) is 14.5 Å². The van der Waals surface area contributed by atoms with Gasteiger partial charge in [-0.25, -0.2) is 13.1 Å². The van der Waals surface area contributed by atoms with Crippen LogP contribution in [0.3, 0.4) is 0 Å². The van der Waals surface area contributed by atoms with Crippen LogP contribution in [0, 0.1) is 6.92 Å². The van der Waals surface area contributed by atoms with Crippen LogP contribution in [0.4, 0.5) is 0 Å². The van der Waals surface area contributed by atoms with Crippen LogP contribution in [-0.2, 0) is 16.6 Å². The van der Waals surface area contributed by atoms with E-state index in [1.807, 2.05) is 0 Å². The van der Waals surface area contributed by atoms with E-state index in [2.05, 4.69) is 4.72 Å². The molecule has 0 saturated heterocycles. The Labute approximate surface area is 121 Å². The van der Waals surface area contributed by atoms with Crippen molar-refractivity contribution in [2.24, 2.45) is 5.73 Å². The summed E-state index contributed by atoms with van der Waals surface area (Å²) in [5, 5.41) is 0. The van der Waals surface area contributed by atoms with Crippen molar-refractivity contribution in [3.05, 3.63) is 17.6 Å². The Hall–Kier alpha value is -0.850. The molecule has 1 saturated carbocycles. The molecule has 1 heterocycles. The maximum absolute atomic E-state index is 12.4. The van der Waals surface area contributed by atoms with Crippen molar-refractivity contribution >= 4 is 10.0 Å². The summed E-state index contributed by atoms with van der Waals surface area (Å²) >= 11 is 0. The lowest BCUT2D eigenvalue weighted by atomic mass is 9.97.